The molecule has 1 aliphatic heterocycles. The van der Waals surface area contributed by atoms with Crippen LogP contribution in [0.15, 0.2) is 23.1 Å². The van der Waals surface area contributed by atoms with Gasteiger partial charge in [-0.15, -0.1) is 0 Å². The van der Waals surface area contributed by atoms with E-state index in [0.717, 1.165) is 19.5 Å². The van der Waals surface area contributed by atoms with Gasteiger partial charge in [-0.05, 0) is 19.9 Å². The monoisotopic (exact) mass is 275 g/mol. The third-order valence-corrected chi connectivity index (χ3v) is 3.30. The van der Waals surface area contributed by atoms with Gasteiger partial charge in [0.2, 0.25) is 11.8 Å². The zero-order valence-electron chi connectivity index (χ0n) is 11.4. The van der Waals surface area contributed by atoms with Crippen molar-refractivity contribution in [1.29, 1.82) is 0 Å². The van der Waals surface area contributed by atoms with Crippen LogP contribution in [0.4, 0.5) is 0 Å². The second-order valence-electron chi connectivity index (χ2n) is 4.98. The van der Waals surface area contributed by atoms with Gasteiger partial charge in [0.05, 0.1) is 19.3 Å². The van der Waals surface area contributed by atoms with Crippen molar-refractivity contribution in [2.45, 2.75) is 19.9 Å². The number of hydrogen-bond donors (Lipinski definition) is 0. The average Bonchev–Trinajstić information content (AvgIpc) is 3.08. The molecule has 1 unspecified atom stereocenters. The molecule has 3 heterocycles. The van der Waals surface area contributed by atoms with Crippen LogP contribution in [-0.4, -0.2) is 44.7 Å². The summed E-state index contributed by atoms with van der Waals surface area (Å²) < 4.78 is 10.8. The van der Waals surface area contributed by atoms with E-state index in [2.05, 4.69) is 25.0 Å². The van der Waals surface area contributed by atoms with Crippen LogP contribution in [0.1, 0.15) is 18.1 Å². The van der Waals surface area contributed by atoms with Gasteiger partial charge in [-0.25, -0.2) is 4.98 Å². The lowest BCUT2D eigenvalue weighted by Gasteiger charge is -2.13. The fraction of sp³-hybridized carbons (Fsp3) is 0.538. The maximum atomic E-state index is 5.64. The van der Waals surface area contributed by atoms with Gasteiger partial charge in [-0.3, -0.25) is 9.88 Å². The second kappa shape index (κ2) is 5.96. The number of aryl methyl sites for hydroxylation is 1. The largest absolute Gasteiger partial charge is 0.476 e. The fourth-order valence-corrected chi connectivity index (χ4v) is 2.35. The molecule has 2 aromatic rings. The van der Waals surface area contributed by atoms with Crippen molar-refractivity contribution < 1.29 is 9.26 Å². The smallest absolute Gasteiger partial charge is 0.240 e. The number of hydrogen-bond acceptors (Lipinski definition) is 7. The van der Waals surface area contributed by atoms with Gasteiger partial charge in [0.25, 0.3) is 0 Å². The minimum Gasteiger partial charge on any atom is -0.476 e. The Labute approximate surface area is 117 Å². The third kappa shape index (κ3) is 3.30. The van der Waals surface area contributed by atoms with Gasteiger partial charge in [0.1, 0.15) is 0 Å². The molecule has 0 radical (unpaired) electrons. The van der Waals surface area contributed by atoms with Crippen molar-refractivity contribution in [3.63, 3.8) is 0 Å². The zero-order chi connectivity index (χ0) is 13.8. The van der Waals surface area contributed by atoms with E-state index < -0.39 is 0 Å². The van der Waals surface area contributed by atoms with Crippen LogP contribution in [0.3, 0.4) is 0 Å². The van der Waals surface area contributed by atoms with E-state index >= 15 is 0 Å². The zero-order valence-corrected chi connectivity index (χ0v) is 11.4. The van der Waals surface area contributed by atoms with E-state index in [1.807, 2.05) is 6.92 Å². The standard InChI is InChI=1S/C13H17N5O2/c1-10-16-13(20-17-10)8-18-5-2-11(7-18)9-19-12-6-14-3-4-15-12/h3-4,6,11H,2,5,7-9H2,1H3. The molecule has 0 spiro atoms. The van der Waals surface area contributed by atoms with Gasteiger partial charge in [-0.2, -0.15) is 4.98 Å². The predicted molar refractivity (Wildman–Crippen MR) is 69.9 cm³/mol. The van der Waals surface area contributed by atoms with E-state index in [-0.39, 0.29) is 0 Å². The van der Waals surface area contributed by atoms with Crippen molar-refractivity contribution in [2.75, 3.05) is 19.7 Å². The van der Waals surface area contributed by atoms with Crippen molar-refractivity contribution in [3.05, 3.63) is 30.3 Å². The van der Waals surface area contributed by atoms with Crippen molar-refractivity contribution in [3.8, 4) is 5.88 Å². The summed E-state index contributed by atoms with van der Waals surface area (Å²) in [4.78, 5) is 14.6. The van der Waals surface area contributed by atoms with Crippen LogP contribution in [0.2, 0.25) is 0 Å². The number of rotatable bonds is 5. The van der Waals surface area contributed by atoms with Gasteiger partial charge < -0.3 is 9.26 Å². The molecule has 0 saturated carbocycles. The molecule has 1 aliphatic rings. The quantitative estimate of drug-likeness (QED) is 0.807. The molecular formula is C13H17N5O2. The van der Waals surface area contributed by atoms with Crippen LogP contribution in [-0.2, 0) is 6.54 Å². The summed E-state index contributed by atoms with van der Waals surface area (Å²) in [5.41, 5.74) is 0. The molecule has 2 aromatic heterocycles. The molecule has 0 amide bonds. The molecule has 20 heavy (non-hydrogen) atoms. The van der Waals surface area contributed by atoms with Gasteiger partial charge >= 0.3 is 0 Å². The minimum absolute atomic E-state index is 0.501. The molecule has 1 fully saturated rings. The number of likely N-dealkylation sites (tertiary alicyclic amines) is 1. The maximum Gasteiger partial charge on any atom is 0.240 e. The Balaban J connectivity index is 1.45. The Hall–Kier alpha value is -2.02. The summed E-state index contributed by atoms with van der Waals surface area (Å²) in [7, 11) is 0. The van der Waals surface area contributed by atoms with Crippen LogP contribution in [0.25, 0.3) is 0 Å². The summed E-state index contributed by atoms with van der Waals surface area (Å²) in [6.45, 7) is 5.20. The average molecular weight is 275 g/mol. The molecule has 1 atom stereocenters. The molecule has 1 saturated heterocycles. The highest BCUT2D eigenvalue weighted by molar-refractivity contribution is 5.01. The first-order valence-corrected chi connectivity index (χ1v) is 6.70. The lowest BCUT2D eigenvalue weighted by Crippen LogP contribution is -2.22. The predicted octanol–water partition coefficient (Wildman–Crippen LogP) is 1.07. The number of nitrogens with zero attached hydrogens (tertiary/aromatic N) is 5. The van der Waals surface area contributed by atoms with Gasteiger partial charge in [0.15, 0.2) is 5.82 Å². The SMILES string of the molecule is Cc1noc(CN2CCC(COc3cnccn3)C2)n1. The summed E-state index contributed by atoms with van der Waals surface area (Å²) in [5, 5.41) is 3.80. The first-order valence-electron chi connectivity index (χ1n) is 6.70. The summed E-state index contributed by atoms with van der Waals surface area (Å²) in [5.74, 6) is 2.44. The fourth-order valence-electron chi connectivity index (χ4n) is 2.35. The number of aromatic nitrogens is 4. The second-order valence-corrected chi connectivity index (χ2v) is 4.98. The highest BCUT2D eigenvalue weighted by Gasteiger charge is 2.24. The highest BCUT2D eigenvalue weighted by atomic mass is 16.5. The molecule has 7 heteroatoms. The van der Waals surface area contributed by atoms with Crippen molar-refractivity contribution >= 4 is 0 Å². The topological polar surface area (TPSA) is 77.2 Å². The van der Waals surface area contributed by atoms with Crippen molar-refractivity contribution in [1.82, 2.24) is 25.0 Å². The minimum atomic E-state index is 0.501. The first kappa shape index (κ1) is 13.0. The van der Waals surface area contributed by atoms with Crippen molar-refractivity contribution in [2.24, 2.45) is 5.92 Å². The van der Waals surface area contributed by atoms with Gasteiger partial charge in [-0.1, -0.05) is 5.16 Å². The third-order valence-electron chi connectivity index (χ3n) is 3.30. The van der Waals surface area contributed by atoms with E-state index in [1.54, 1.807) is 18.6 Å². The van der Waals surface area contributed by atoms with E-state index in [1.165, 1.54) is 0 Å². The normalized spacial score (nSPS) is 19.4. The molecule has 0 bridgehead atoms. The summed E-state index contributed by atoms with van der Waals surface area (Å²) in [6, 6.07) is 0. The lowest BCUT2D eigenvalue weighted by molar-refractivity contribution is 0.220. The maximum absolute atomic E-state index is 5.64. The van der Waals surface area contributed by atoms with E-state index in [0.29, 0.717) is 36.7 Å². The molecule has 3 rings (SSSR count). The molecule has 0 aliphatic carbocycles. The molecule has 106 valence electrons. The van der Waals surface area contributed by atoms with E-state index in [9.17, 15) is 0 Å². The Bertz CT molecular complexity index is 545. The Kier molecular flexibility index (Phi) is 3.87. The molecule has 7 nitrogen and oxygen atoms in total. The first-order chi connectivity index (χ1) is 9.79. The van der Waals surface area contributed by atoms with Crippen LogP contribution >= 0.6 is 0 Å². The van der Waals surface area contributed by atoms with Crippen LogP contribution in [0, 0.1) is 12.8 Å². The Morgan fingerprint density at radius 2 is 2.40 bits per heavy atom. The Morgan fingerprint density at radius 1 is 1.45 bits per heavy atom. The summed E-state index contributed by atoms with van der Waals surface area (Å²) in [6.07, 6.45) is 6.01. The highest BCUT2D eigenvalue weighted by Crippen LogP contribution is 2.19. The molecular weight excluding hydrogens is 258 g/mol. The number of ether oxygens (including phenoxy) is 1. The van der Waals surface area contributed by atoms with Crippen LogP contribution < -0.4 is 4.74 Å². The Morgan fingerprint density at radius 3 is 3.15 bits per heavy atom. The van der Waals surface area contributed by atoms with E-state index in [4.69, 9.17) is 9.26 Å². The molecule has 0 N–H and O–H groups in total. The summed E-state index contributed by atoms with van der Waals surface area (Å²) >= 11 is 0. The van der Waals surface area contributed by atoms with Crippen LogP contribution in [0.5, 0.6) is 5.88 Å². The molecule has 0 aromatic carbocycles. The van der Waals surface area contributed by atoms with Gasteiger partial charge in [0, 0.05) is 24.9 Å². The lowest BCUT2D eigenvalue weighted by atomic mass is 10.1.